The fourth-order valence-electron chi connectivity index (χ4n) is 1.20. The first-order chi connectivity index (χ1) is 7.63. The van der Waals surface area contributed by atoms with E-state index in [9.17, 15) is 5.11 Å². The third-order valence-electron chi connectivity index (χ3n) is 2.34. The average Bonchev–Trinajstić information content (AvgIpc) is 2.26. The predicted molar refractivity (Wildman–Crippen MR) is 70.8 cm³/mol. The van der Waals surface area contributed by atoms with Crippen LogP contribution in [0.3, 0.4) is 0 Å². The van der Waals surface area contributed by atoms with Crippen molar-refractivity contribution in [2.24, 2.45) is 0 Å². The molecular formula is C12H20N2OS. The summed E-state index contributed by atoms with van der Waals surface area (Å²) in [6, 6.07) is 5.99. The van der Waals surface area contributed by atoms with Crippen LogP contribution in [0.2, 0.25) is 0 Å². The zero-order chi connectivity index (χ0) is 12.0. The van der Waals surface area contributed by atoms with E-state index >= 15 is 0 Å². The SMILES string of the molecule is CCNc1cccc(CSC(C)C(C)O)n1. The smallest absolute Gasteiger partial charge is 0.126 e. The van der Waals surface area contributed by atoms with E-state index < -0.39 is 0 Å². The second-order valence-corrected chi connectivity index (χ2v) is 5.17. The van der Waals surface area contributed by atoms with Gasteiger partial charge in [0.05, 0.1) is 11.8 Å². The molecule has 3 nitrogen and oxygen atoms in total. The van der Waals surface area contributed by atoms with E-state index in [2.05, 4.69) is 17.2 Å². The zero-order valence-electron chi connectivity index (χ0n) is 10.1. The minimum atomic E-state index is -0.276. The molecule has 1 aromatic heterocycles. The molecule has 2 N–H and O–H groups in total. The van der Waals surface area contributed by atoms with Crippen LogP contribution >= 0.6 is 11.8 Å². The van der Waals surface area contributed by atoms with Gasteiger partial charge >= 0.3 is 0 Å². The number of nitrogens with one attached hydrogen (secondary N) is 1. The Balaban J connectivity index is 2.50. The molecule has 1 rings (SSSR count). The monoisotopic (exact) mass is 240 g/mol. The second kappa shape index (κ2) is 6.76. The summed E-state index contributed by atoms with van der Waals surface area (Å²) in [5.41, 5.74) is 1.05. The summed E-state index contributed by atoms with van der Waals surface area (Å²) in [5, 5.41) is 12.8. The molecule has 0 bridgehead atoms. The van der Waals surface area contributed by atoms with Crippen molar-refractivity contribution in [3.8, 4) is 0 Å². The maximum atomic E-state index is 9.38. The molecule has 90 valence electrons. The maximum Gasteiger partial charge on any atom is 0.126 e. The van der Waals surface area contributed by atoms with Gasteiger partial charge in [0.15, 0.2) is 0 Å². The Labute approximate surface area is 102 Å². The van der Waals surface area contributed by atoms with Crippen LogP contribution in [-0.4, -0.2) is 28.0 Å². The van der Waals surface area contributed by atoms with Crippen molar-refractivity contribution in [1.29, 1.82) is 0 Å². The number of thioether (sulfide) groups is 1. The van der Waals surface area contributed by atoms with Crippen molar-refractivity contribution in [1.82, 2.24) is 4.98 Å². The van der Waals surface area contributed by atoms with Crippen molar-refractivity contribution < 1.29 is 5.11 Å². The van der Waals surface area contributed by atoms with Gasteiger partial charge in [-0.1, -0.05) is 13.0 Å². The number of anilines is 1. The quantitative estimate of drug-likeness (QED) is 0.802. The third kappa shape index (κ3) is 4.41. The molecule has 0 saturated carbocycles. The van der Waals surface area contributed by atoms with Gasteiger partial charge in [-0.25, -0.2) is 4.98 Å². The molecule has 2 unspecified atom stereocenters. The number of hydrogen-bond acceptors (Lipinski definition) is 4. The lowest BCUT2D eigenvalue weighted by molar-refractivity contribution is 0.196. The van der Waals surface area contributed by atoms with Gasteiger partial charge in [0.1, 0.15) is 5.82 Å². The van der Waals surface area contributed by atoms with Gasteiger partial charge in [-0.2, -0.15) is 0 Å². The third-order valence-corrected chi connectivity index (χ3v) is 3.72. The van der Waals surface area contributed by atoms with Gasteiger partial charge < -0.3 is 10.4 Å². The number of hydrogen-bond donors (Lipinski definition) is 2. The van der Waals surface area contributed by atoms with Gasteiger partial charge in [0.2, 0.25) is 0 Å². The Morgan fingerprint density at radius 2 is 2.19 bits per heavy atom. The second-order valence-electron chi connectivity index (χ2n) is 3.80. The van der Waals surface area contributed by atoms with Gasteiger partial charge in [-0.3, -0.25) is 0 Å². The lowest BCUT2D eigenvalue weighted by atomic mass is 10.3. The van der Waals surface area contributed by atoms with Crippen LogP contribution in [0.1, 0.15) is 26.5 Å². The summed E-state index contributed by atoms with van der Waals surface area (Å²) in [7, 11) is 0. The van der Waals surface area contributed by atoms with Crippen molar-refractivity contribution >= 4 is 17.6 Å². The molecule has 16 heavy (non-hydrogen) atoms. The lowest BCUT2D eigenvalue weighted by Crippen LogP contribution is -2.15. The lowest BCUT2D eigenvalue weighted by Gasteiger charge is -2.13. The average molecular weight is 240 g/mol. The van der Waals surface area contributed by atoms with Crippen molar-refractivity contribution in [2.45, 2.75) is 37.9 Å². The minimum absolute atomic E-state index is 0.240. The van der Waals surface area contributed by atoms with Crippen LogP contribution < -0.4 is 5.32 Å². The molecule has 0 fully saturated rings. The van der Waals surface area contributed by atoms with Gasteiger partial charge in [0.25, 0.3) is 0 Å². The van der Waals surface area contributed by atoms with E-state index in [4.69, 9.17) is 0 Å². The standard InChI is InChI=1S/C12H20N2OS/c1-4-13-12-7-5-6-11(14-12)8-16-10(3)9(2)15/h5-7,9-10,15H,4,8H2,1-3H3,(H,13,14). The minimum Gasteiger partial charge on any atom is -0.392 e. The van der Waals surface area contributed by atoms with Crippen LogP contribution in [0.5, 0.6) is 0 Å². The summed E-state index contributed by atoms with van der Waals surface area (Å²) >= 11 is 1.72. The molecule has 1 heterocycles. The number of nitrogens with zero attached hydrogens (tertiary/aromatic N) is 1. The first-order valence-corrected chi connectivity index (χ1v) is 6.67. The van der Waals surface area contributed by atoms with E-state index in [1.165, 1.54) is 0 Å². The van der Waals surface area contributed by atoms with Gasteiger partial charge in [-0.05, 0) is 26.0 Å². The van der Waals surface area contributed by atoms with E-state index in [0.717, 1.165) is 23.8 Å². The molecule has 0 aliphatic carbocycles. The van der Waals surface area contributed by atoms with E-state index in [1.807, 2.05) is 32.0 Å². The molecule has 0 aromatic carbocycles. The highest BCUT2D eigenvalue weighted by Crippen LogP contribution is 2.19. The van der Waals surface area contributed by atoms with Crippen LogP contribution in [0.15, 0.2) is 18.2 Å². The first kappa shape index (κ1) is 13.3. The topological polar surface area (TPSA) is 45.1 Å². The van der Waals surface area contributed by atoms with Crippen molar-refractivity contribution in [3.63, 3.8) is 0 Å². The molecule has 0 amide bonds. The van der Waals surface area contributed by atoms with Crippen LogP contribution in [-0.2, 0) is 5.75 Å². The molecule has 0 aliphatic rings. The molecule has 0 radical (unpaired) electrons. The Kier molecular flexibility index (Phi) is 5.63. The molecule has 0 spiro atoms. The molecule has 0 aliphatic heterocycles. The normalized spacial score (nSPS) is 14.5. The number of aromatic nitrogens is 1. The number of pyridine rings is 1. The number of rotatable bonds is 6. The summed E-state index contributed by atoms with van der Waals surface area (Å²) in [4.78, 5) is 4.48. The Bertz CT molecular complexity index is 318. The summed E-state index contributed by atoms with van der Waals surface area (Å²) in [6.45, 7) is 6.79. The fourth-order valence-corrected chi connectivity index (χ4v) is 2.07. The molecule has 2 atom stereocenters. The zero-order valence-corrected chi connectivity index (χ0v) is 10.9. The highest BCUT2D eigenvalue weighted by atomic mass is 32.2. The fraction of sp³-hybridized carbons (Fsp3) is 0.583. The Hall–Kier alpha value is -0.740. The predicted octanol–water partition coefficient (Wildman–Crippen LogP) is 2.52. The number of aliphatic hydroxyl groups is 1. The van der Waals surface area contributed by atoms with Crippen LogP contribution in [0.25, 0.3) is 0 Å². The van der Waals surface area contributed by atoms with Crippen LogP contribution in [0, 0.1) is 0 Å². The summed E-state index contributed by atoms with van der Waals surface area (Å²) in [6.07, 6.45) is -0.276. The Morgan fingerprint density at radius 1 is 1.44 bits per heavy atom. The Morgan fingerprint density at radius 3 is 2.81 bits per heavy atom. The van der Waals surface area contributed by atoms with E-state index in [-0.39, 0.29) is 11.4 Å². The maximum absolute atomic E-state index is 9.38. The van der Waals surface area contributed by atoms with E-state index in [0.29, 0.717) is 0 Å². The van der Waals surface area contributed by atoms with Gasteiger partial charge in [-0.15, -0.1) is 11.8 Å². The summed E-state index contributed by atoms with van der Waals surface area (Å²) < 4.78 is 0. The highest BCUT2D eigenvalue weighted by molar-refractivity contribution is 7.99. The van der Waals surface area contributed by atoms with Crippen molar-refractivity contribution in [2.75, 3.05) is 11.9 Å². The summed E-state index contributed by atoms with van der Waals surface area (Å²) in [5.74, 6) is 1.76. The molecule has 4 heteroatoms. The van der Waals surface area contributed by atoms with E-state index in [1.54, 1.807) is 11.8 Å². The largest absolute Gasteiger partial charge is 0.392 e. The number of aliphatic hydroxyl groups excluding tert-OH is 1. The van der Waals surface area contributed by atoms with Gasteiger partial charge in [0, 0.05) is 17.5 Å². The highest BCUT2D eigenvalue weighted by Gasteiger charge is 2.09. The van der Waals surface area contributed by atoms with Crippen molar-refractivity contribution in [3.05, 3.63) is 23.9 Å². The molecule has 0 saturated heterocycles. The first-order valence-electron chi connectivity index (χ1n) is 5.63. The molecule has 1 aromatic rings. The van der Waals surface area contributed by atoms with Crippen LogP contribution in [0.4, 0.5) is 5.82 Å². The molecular weight excluding hydrogens is 220 g/mol.